The molecule has 0 saturated carbocycles. The minimum absolute atomic E-state index is 1.26. The summed E-state index contributed by atoms with van der Waals surface area (Å²) < 4.78 is 2.09. The van der Waals surface area contributed by atoms with Gasteiger partial charge < -0.3 is 0 Å². The van der Waals surface area contributed by atoms with Crippen LogP contribution in [0.15, 0.2) is 10.2 Å². The molecule has 0 aliphatic heterocycles. The third-order valence-corrected chi connectivity index (χ3v) is 1.57. The van der Waals surface area contributed by atoms with Gasteiger partial charge in [-0.25, -0.2) is 0 Å². The number of hydrogen-bond acceptors (Lipinski definition) is 0. The predicted molar refractivity (Wildman–Crippen MR) is 47.3 cm³/mol. The number of unbranched alkanes of at least 4 members (excludes halogenated alkanes) is 3. The third kappa shape index (κ3) is 6.47. The Morgan fingerprint density at radius 1 is 1.38 bits per heavy atom. The molecule has 0 bridgehead atoms. The molecule has 0 heterocycles. The van der Waals surface area contributed by atoms with E-state index < -0.39 is 0 Å². The molecule has 0 saturated heterocycles. The first-order chi connectivity index (χ1) is 3.91. The first-order valence-electron chi connectivity index (χ1n) is 3.17. The summed E-state index contributed by atoms with van der Waals surface area (Å²) in [5, 5.41) is 0. The van der Waals surface area contributed by atoms with E-state index in [1.807, 2.05) is 0 Å². The highest BCUT2D eigenvalue weighted by atomic mass is 127. The first kappa shape index (κ1) is 8.47. The van der Waals surface area contributed by atoms with E-state index in [9.17, 15) is 0 Å². The van der Waals surface area contributed by atoms with Crippen molar-refractivity contribution in [1.29, 1.82) is 0 Å². The zero-order valence-corrected chi connectivity index (χ0v) is 7.52. The molecule has 0 aromatic rings. The molecule has 8 heavy (non-hydrogen) atoms. The van der Waals surface area contributed by atoms with Crippen LogP contribution in [0.25, 0.3) is 0 Å². The van der Waals surface area contributed by atoms with E-state index in [1.54, 1.807) is 0 Å². The molecule has 0 aliphatic carbocycles. The molecule has 0 spiro atoms. The van der Waals surface area contributed by atoms with Gasteiger partial charge in [-0.2, -0.15) is 0 Å². The van der Waals surface area contributed by atoms with Gasteiger partial charge in [0.2, 0.25) is 0 Å². The molecular formula is C7H13I. The summed E-state index contributed by atoms with van der Waals surface area (Å²) >= 11 is 2.26. The summed E-state index contributed by atoms with van der Waals surface area (Å²) in [6.07, 6.45) is 7.54. The first-order valence-corrected chi connectivity index (χ1v) is 4.41. The van der Waals surface area contributed by atoms with Gasteiger partial charge in [0.15, 0.2) is 0 Å². The van der Waals surface area contributed by atoms with Crippen molar-refractivity contribution in [3.8, 4) is 0 Å². The smallest absolute Gasteiger partial charge is 0.0274 e. The molecule has 0 fully saturated rings. The van der Waals surface area contributed by atoms with Gasteiger partial charge >= 0.3 is 0 Å². The van der Waals surface area contributed by atoms with Gasteiger partial charge in [0, 0.05) is 0 Å². The second-order valence-electron chi connectivity index (χ2n) is 1.86. The number of hydrogen-bond donors (Lipinski definition) is 0. The summed E-state index contributed by atoms with van der Waals surface area (Å²) in [7, 11) is 0. The van der Waals surface area contributed by atoms with E-state index in [1.165, 1.54) is 25.7 Å². The Labute approximate surface area is 65.5 Å². The van der Waals surface area contributed by atoms with E-state index in [0.29, 0.717) is 0 Å². The topological polar surface area (TPSA) is 0 Å². The van der Waals surface area contributed by atoms with Crippen LogP contribution >= 0.6 is 22.6 Å². The molecule has 48 valence electrons. The maximum Gasteiger partial charge on any atom is -0.0274 e. The lowest BCUT2D eigenvalue weighted by Gasteiger charge is -1.88. The van der Waals surface area contributed by atoms with E-state index in [2.05, 4.69) is 39.7 Å². The minimum Gasteiger partial charge on any atom is -0.0785 e. The van der Waals surface area contributed by atoms with Gasteiger partial charge in [0.1, 0.15) is 0 Å². The van der Waals surface area contributed by atoms with E-state index in [4.69, 9.17) is 0 Å². The van der Waals surface area contributed by atoms with Crippen LogP contribution in [-0.4, -0.2) is 0 Å². The molecule has 0 unspecified atom stereocenters. The van der Waals surface area contributed by atoms with Crippen molar-refractivity contribution in [3.63, 3.8) is 0 Å². The quantitative estimate of drug-likeness (QED) is 0.506. The summed E-state index contributed by atoms with van der Waals surface area (Å²) in [4.78, 5) is 0. The van der Waals surface area contributed by atoms with Gasteiger partial charge in [0.05, 0.1) is 0 Å². The Balaban J connectivity index is 2.72. The molecule has 0 rings (SSSR count). The van der Waals surface area contributed by atoms with Crippen molar-refractivity contribution in [2.24, 2.45) is 0 Å². The molecule has 0 N–H and O–H groups in total. The van der Waals surface area contributed by atoms with Crippen LogP contribution in [0, 0.1) is 0 Å². The SMILES string of the molecule is CCCCCC=CI. The molecule has 0 aromatic carbocycles. The predicted octanol–water partition coefficient (Wildman–Crippen LogP) is 3.52. The lowest BCUT2D eigenvalue weighted by molar-refractivity contribution is 0.730. The maximum absolute atomic E-state index is 2.26. The van der Waals surface area contributed by atoms with Gasteiger partial charge in [-0.05, 0) is 16.9 Å². The standard InChI is InChI=1S/C7H13I/c1-2-3-4-5-6-7-8/h6-7H,2-5H2,1H3. The Morgan fingerprint density at radius 2 is 2.12 bits per heavy atom. The van der Waals surface area contributed by atoms with E-state index >= 15 is 0 Å². The van der Waals surface area contributed by atoms with Crippen LogP contribution in [0.1, 0.15) is 32.6 Å². The van der Waals surface area contributed by atoms with E-state index in [-0.39, 0.29) is 0 Å². The molecule has 0 aromatic heterocycles. The van der Waals surface area contributed by atoms with Crippen molar-refractivity contribution < 1.29 is 0 Å². The Hall–Kier alpha value is 0.470. The number of rotatable bonds is 4. The van der Waals surface area contributed by atoms with Crippen molar-refractivity contribution in [2.45, 2.75) is 32.6 Å². The summed E-state index contributed by atoms with van der Waals surface area (Å²) in [6.45, 7) is 2.23. The minimum atomic E-state index is 1.26. The lowest BCUT2D eigenvalue weighted by atomic mass is 10.2. The summed E-state index contributed by atoms with van der Waals surface area (Å²) in [5.41, 5.74) is 0. The molecule has 0 amide bonds. The molecule has 0 radical (unpaired) electrons. The molecule has 0 aliphatic rings. The zero-order chi connectivity index (χ0) is 6.24. The normalized spacial score (nSPS) is 10.8. The molecular weight excluding hydrogens is 211 g/mol. The highest BCUT2D eigenvalue weighted by Gasteiger charge is 1.78. The van der Waals surface area contributed by atoms with Crippen LogP contribution in [-0.2, 0) is 0 Å². The number of allylic oxidation sites excluding steroid dienone is 1. The molecule has 0 atom stereocenters. The van der Waals surface area contributed by atoms with Crippen LogP contribution in [0.3, 0.4) is 0 Å². The second kappa shape index (κ2) is 7.47. The second-order valence-corrected chi connectivity index (χ2v) is 2.58. The monoisotopic (exact) mass is 224 g/mol. The zero-order valence-electron chi connectivity index (χ0n) is 5.36. The fourth-order valence-corrected chi connectivity index (χ4v) is 0.935. The van der Waals surface area contributed by atoms with Crippen molar-refractivity contribution in [2.75, 3.05) is 0 Å². The lowest BCUT2D eigenvalue weighted by Crippen LogP contribution is -1.68. The average molecular weight is 224 g/mol. The Kier molecular flexibility index (Phi) is 7.91. The van der Waals surface area contributed by atoms with Crippen molar-refractivity contribution >= 4 is 22.6 Å². The third-order valence-electron chi connectivity index (χ3n) is 1.06. The van der Waals surface area contributed by atoms with Crippen LogP contribution < -0.4 is 0 Å². The average Bonchev–Trinajstić information content (AvgIpc) is 1.81. The summed E-state index contributed by atoms with van der Waals surface area (Å²) in [5.74, 6) is 0. The van der Waals surface area contributed by atoms with Crippen molar-refractivity contribution in [3.05, 3.63) is 10.2 Å². The van der Waals surface area contributed by atoms with Crippen molar-refractivity contribution in [1.82, 2.24) is 0 Å². The fraction of sp³-hybridized carbons (Fsp3) is 0.714. The molecule has 0 nitrogen and oxygen atoms in total. The van der Waals surface area contributed by atoms with E-state index in [0.717, 1.165) is 0 Å². The maximum atomic E-state index is 2.26. The van der Waals surface area contributed by atoms with Crippen LogP contribution in [0.4, 0.5) is 0 Å². The van der Waals surface area contributed by atoms with Crippen LogP contribution in [0.2, 0.25) is 0 Å². The molecule has 1 heteroatoms. The van der Waals surface area contributed by atoms with Gasteiger partial charge in [-0.3, -0.25) is 0 Å². The fourth-order valence-electron chi connectivity index (χ4n) is 0.575. The Bertz CT molecular complexity index is 57.4. The van der Waals surface area contributed by atoms with Crippen LogP contribution in [0.5, 0.6) is 0 Å². The van der Waals surface area contributed by atoms with Gasteiger partial charge in [0.25, 0.3) is 0 Å². The van der Waals surface area contributed by atoms with Gasteiger partial charge in [-0.15, -0.1) is 0 Å². The summed E-state index contributed by atoms with van der Waals surface area (Å²) in [6, 6.07) is 0. The highest BCUT2D eigenvalue weighted by Crippen LogP contribution is 2.00. The highest BCUT2D eigenvalue weighted by molar-refractivity contribution is 14.1. The number of halogens is 1. The van der Waals surface area contributed by atoms with Gasteiger partial charge in [-0.1, -0.05) is 48.4 Å². The Morgan fingerprint density at radius 3 is 2.62 bits per heavy atom. The largest absolute Gasteiger partial charge is 0.0785 e.